The van der Waals surface area contributed by atoms with Gasteiger partial charge in [0.15, 0.2) is 0 Å². The molecule has 0 radical (unpaired) electrons. The Balaban J connectivity index is 1.86. The van der Waals surface area contributed by atoms with Crippen LogP contribution in [0, 0.1) is 25.2 Å². The number of pyridine rings is 1. The average molecular weight is 320 g/mol. The molecule has 3 aromatic rings. The van der Waals surface area contributed by atoms with E-state index in [1.807, 2.05) is 37.3 Å². The molecule has 6 nitrogen and oxygen atoms in total. The summed E-state index contributed by atoms with van der Waals surface area (Å²) >= 11 is 0. The maximum Gasteiger partial charge on any atom is 0.256 e. The summed E-state index contributed by atoms with van der Waals surface area (Å²) in [5.41, 5.74) is 2.12. The van der Waals surface area contributed by atoms with Crippen LogP contribution in [-0.4, -0.2) is 15.5 Å². The van der Waals surface area contributed by atoms with E-state index in [-0.39, 0.29) is 23.6 Å². The van der Waals surface area contributed by atoms with E-state index in [0.717, 1.165) is 11.4 Å². The van der Waals surface area contributed by atoms with Crippen molar-refractivity contribution in [2.24, 2.45) is 0 Å². The highest BCUT2D eigenvalue weighted by molar-refractivity contribution is 5.98. The van der Waals surface area contributed by atoms with Crippen molar-refractivity contribution in [1.82, 2.24) is 14.9 Å². The number of aryl methyl sites for hydroxylation is 2. The van der Waals surface area contributed by atoms with E-state index in [0.29, 0.717) is 11.6 Å². The molecule has 0 atom stereocenters. The molecule has 24 heavy (non-hydrogen) atoms. The lowest BCUT2D eigenvalue weighted by Crippen LogP contribution is -2.24. The van der Waals surface area contributed by atoms with E-state index < -0.39 is 0 Å². The van der Waals surface area contributed by atoms with Gasteiger partial charge in [-0.15, -0.1) is 0 Å². The number of amides is 1. The largest absolute Gasteiger partial charge is 0.443 e. The molecule has 0 aliphatic rings. The van der Waals surface area contributed by atoms with Crippen LogP contribution >= 0.6 is 0 Å². The fraction of sp³-hybridized carbons (Fsp3) is 0.167. The normalized spacial score (nSPS) is 10.4. The molecule has 1 N–H and O–H groups in total. The Bertz CT molecular complexity index is 917. The van der Waals surface area contributed by atoms with Gasteiger partial charge in [-0.05, 0) is 38.1 Å². The van der Waals surface area contributed by atoms with Crippen LogP contribution in [0.1, 0.15) is 33.1 Å². The number of furan rings is 1. The van der Waals surface area contributed by atoms with Gasteiger partial charge in [-0.1, -0.05) is 6.07 Å². The molecule has 120 valence electrons. The van der Waals surface area contributed by atoms with Crippen molar-refractivity contribution in [3.05, 3.63) is 71.0 Å². The summed E-state index contributed by atoms with van der Waals surface area (Å²) in [6.07, 6.45) is 3.52. The second-order valence-corrected chi connectivity index (χ2v) is 5.37. The lowest BCUT2D eigenvalue weighted by Gasteiger charge is -2.05. The highest BCUT2D eigenvalue weighted by Gasteiger charge is 2.24. The van der Waals surface area contributed by atoms with Gasteiger partial charge >= 0.3 is 0 Å². The second-order valence-electron chi connectivity index (χ2n) is 5.37. The van der Waals surface area contributed by atoms with Gasteiger partial charge in [0, 0.05) is 18.1 Å². The van der Waals surface area contributed by atoms with Gasteiger partial charge in [-0.2, -0.15) is 5.26 Å². The van der Waals surface area contributed by atoms with Crippen molar-refractivity contribution < 1.29 is 9.21 Å². The summed E-state index contributed by atoms with van der Waals surface area (Å²) < 4.78 is 7.31. The van der Waals surface area contributed by atoms with E-state index in [1.165, 1.54) is 0 Å². The standard InChI is InChI=1S/C18H16N4O2/c1-12-6-5-7-14(21-12)11-20-17(23)16-13(2)24-18(15(16)10-19)22-8-3-4-9-22/h3-9H,11H2,1-2H3,(H,20,23). The molecule has 0 fully saturated rings. The zero-order valence-corrected chi connectivity index (χ0v) is 13.4. The summed E-state index contributed by atoms with van der Waals surface area (Å²) in [4.78, 5) is 16.9. The number of carbonyl (C=O) groups is 1. The Kier molecular flexibility index (Phi) is 4.17. The third-order valence-corrected chi connectivity index (χ3v) is 3.62. The van der Waals surface area contributed by atoms with Crippen molar-refractivity contribution in [2.45, 2.75) is 20.4 Å². The van der Waals surface area contributed by atoms with Crippen LogP contribution in [0.5, 0.6) is 0 Å². The van der Waals surface area contributed by atoms with Gasteiger partial charge in [-0.3, -0.25) is 14.3 Å². The summed E-state index contributed by atoms with van der Waals surface area (Å²) in [6, 6.07) is 11.3. The maximum atomic E-state index is 12.5. The Hall–Kier alpha value is -3.33. The monoisotopic (exact) mass is 320 g/mol. The Morgan fingerprint density at radius 2 is 2.04 bits per heavy atom. The van der Waals surface area contributed by atoms with Crippen molar-refractivity contribution in [1.29, 1.82) is 5.26 Å². The quantitative estimate of drug-likeness (QED) is 0.801. The molecule has 0 saturated heterocycles. The van der Waals surface area contributed by atoms with Gasteiger partial charge in [0.25, 0.3) is 5.91 Å². The van der Waals surface area contributed by atoms with Gasteiger partial charge in [-0.25, -0.2) is 0 Å². The topological polar surface area (TPSA) is 83.9 Å². The molecular weight excluding hydrogens is 304 g/mol. The predicted octanol–water partition coefficient (Wildman–Crippen LogP) is 2.88. The van der Waals surface area contributed by atoms with Gasteiger partial charge in [0.05, 0.1) is 12.2 Å². The van der Waals surface area contributed by atoms with E-state index in [1.54, 1.807) is 23.9 Å². The molecule has 0 spiro atoms. The number of hydrogen-bond donors (Lipinski definition) is 1. The zero-order chi connectivity index (χ0) is 17.1. The lowest BCUT2D eigenvalue weighted by atomic mass is 10.1. The molecule has 0 aliphatic heterocycles. The second kappa shape index (κ2) is 6.42. The summed E-state index contributed by atoms with van der Waals surface area (Å²) in [5.74, 6) is 0.401. The van der Waals surface area contributed by atoms with Gasteiger partial charge in [0.1, 0.15) is 23.0 Å². The number of nitrogens with zero attached hydrogens (tertiary/aromatic N) is 3. The first-order valence-corrected chi connectivity index (χ1v) is 7.47. The van der Waals surface area contributed by atoms with E-state index in [2.05, 4.69) is 16.4 Å². The molecule has 1 amide bonds. The zero-order valence-electron chi connectivity index (χ0n) is 13.4. The number of nitrogens with one attached hydrogen (secondary N) is 1. The number of hydrogen-bond acceptors (Lipinski definition) is 4. The summed E-state index contributed by atoms with van der Waals surface area (Å²) in [5, 5.41) is 12.3. The summed E-state index contributed by atoms with van der Waals surface area (Å²) in [6.45, 7) is 3.85. The smallest absolute Gasteiger partial charge is 0.256 e. The van der Waals surface area contributed by atoms with Crippen LogP contribution in [0.15, 0.2) is 47.1 Å². The number of rotatable bonds is 4. The van der Waals surface area contributed by atoms with Crippen LogP contribution in [0.2, 0.25) is 0 Å². The number of nitriles is 1. The van der Waals surface area contributed by atoms with Crippen LogP contribution in [-0.2, 0) is 6.54 Å². The molecule has 0 unspecified atom stereocenters. The van der Waals surface area contributed by atoms with Crippen molar-refractivity contribution in [3.8, 4) is 12.0 Å². The fourth-order valence-electron chi connectivity index (χ4n) is 2.52. The van der Waals surface area contributed by atoms with Crippen LogP contribution < -0.4 is 5.32 Å². The Labute approximate surface area is 139 Å². The number of carbonyl (C=O) groups excluding carboxylic acids is 1. The lowest BCUT2D eigenvalue weighted by molar-refractivity contribution is 0.0948. The maximum absolute atomic E-state index is 12.5. The molecule has 0 aromatic carbocycles. The van der Waals surface area contributed by atoms with Crippen LogP contribution in [0.3, 0.4) is 0 Å². The molecule has 0 saturated carbocycles. The van der Waals surface area contributed by atoms with Crippen molar-refractivity contribution >= 4 is 5.91 Å². The number of aromatic nitrogens is 2. The highest BCUT2D eigenvalue weighted by Crippen LogP contribution is 2.25. The minimum Gasteiger partial charge on any atom is -0.443 e. The van der Waals surface area contributed by atoms with E-state index in [4.69, 9.17) is 4.42 Å². The van der Waals surface area contributed by atoms with E-state index >= 15 is 0 Å². The minimum absolute atomic E-state index is 0.221. The van der Waals surface area contributed by atoms with Crippen molar-refractivity contribution in [2.75, 3.05) is 0 Å². The van der Waals surface area contributed by atoms with Gasteiger partial charge < -0.3 is 9.73 Å². The molecule has 6 heteroatoms. The first-order valence-electron chi connectivity index (χ1n) is 7.47. The van der Waals surface area contributed by atoms with Gasteiger partial charge in [0.2, 0.25) is 5.88 Å². The molecule has 3 heterocycles. The molecule has 3 rings (SSSR count). The molecule has 0 aliphatic carbocycles. The van der Waals surface area contributed by atoms with Crippen molar-refractivity contribution in [3.63, 3.8) is 0 Å². The summed E-state index contributed by atoms with van der Waals surface area (Å²) in [7, 11) is 0. The average Bonchev–Trinajstić information content (AvgIpc) is 3.19. The Morgan fingerprint density at radius 3 is 2.71 bits per heavy atom. The first-order chi connectivity index (χ1) is 11.6. The first kappa shape index (κ1) is 15.6. The fourth-order valence-corrected chi connectivity index (χ4v) is 2.52. The van der Waals surface area contributed by atoms with E-state index in [9.17, 15) is 10.1 Å². The highest BCUT2D eigenvalue weighted by atomic mass is 16.4. The Morgan fingerprint density at radius 1 is 1.29 bits per heavy atom. The molecule has 0 bridgehead atoms. The predicted molar refractivity (Wildman–Crippen MR) is 87.6 cm³/mol. The molecule has 3 aromatic heterocycles. The minimum atomic E-state index is -0.352. The third kappa shape index (κ3) is 2.92. The van der Waals surface area contributed by atoms with Crippen LogP contribution in [0.25, 0.3) is 5.88 Å². The third-order valence-electron chi connectivity index (χ3n) is 3.62. The van der Waals surface area contributed by atoms with Crippen LogP contribution in [0.4, 0.5) is 0 Å². The molecular formula is C18H16N4O2. The SMILES string of the molecule is Cc1cccc(CNC(=O)c2c(C)oc(-n3cccc3)c2C#N)n1.